The number of imide groups is 1. The SMILES string of the molecule is CC(C)N1C(=O)C2ON(c3ccccc3)C(c3ccc(N(C)C)cc3)C2C1=O. The molecule has 2 heterocycles. The monoisotopic (exact) mass is 379 g/mol. The van der Waals surface area contributed by atoms with Crippen molar-refractivity contribution in [1.29, 1.82) is 0 Å². The Hall–Kier alpha value is -2.86. The van der Waals surface area contributed by atoms with Gasteiger partial charge in [-0.05, 0) is 43.7 Å². The predicted molar refractivity (Wildman–Crippen MR) is 108 cm³/mol. The number of likely N-dealkylation sites (tertiary alicyclic amines) is 1. The van der Waals surface area contributed by atoms with E-state index in [9.17, 15) is 9.59 Å². The molecule has 2 fully saturated rings. The number of anilines is 2. The Kier molecular flexibility index (Phi) is 4.59. The number of nitrogens with zero attached hydrogens (tertiary/aromatic N) is 3. The summed E-state index contributed by atoms with van der Waals surface area (Å²) < 4.78 is 0. The van der Waals surface area contributed by atoms with Crippen LogP contribution in [-0.2, 0) is 14.4 Å². The molecule has 0 spiro atoms. The molecule has 0 saturated carbocycles. The summed E-state index contributed by atoms with van der Waals surface area (Å²) in [6.07, 6.45) is -0.784. The van der Waals surface area contributed by atoms with Crippen molar-refractivity contribution in [2.75, 3.05) is 24.1 Å². The summed E-state index contributed by atoms with van der Waals surface area (Å²) in [5.41, 5.74) is 2.85. The molecule has 2 aromatic carbocycles. The lowest BCUT2D eigenvalue weighted by molar-refractivity contribution is -0.145. The number of hydroxylamine groups is 1. The Balaban J connectivity index is 1.77. The molecule has 0 aliphatic carbocycles. The van der Waals surface area contributed by atoms with Crippen LogP contribution in [0.5, 0.6) is 0 Å². The van der Waals surface area contributed by atoms with Crippen LogP contribution in [0.2, 0.25) is 0 Å². The molecule has 0 N–H and O–H groups in total. The summed E-state index contributed by atoms with van der Waals surface area (Å²) in [5, 5.41) is 1.73. The Bertz CT molecular complexity index is 880. The van der Waals surface area contributed by atoms with E-state index >= 15 is 0 Å². The van der Waals surface area contributed by atoms with Crippen LogP contribution in [0.15, 0.2) is 54.6 Å². The van der Waals surface area contributed by atoms with Crippen molar-refractivity contribution >= 4 is 23.2 Å². The first-order chi connectivity index (χ1) is 13.4. The Morgan fingerprint density at radius 3 is 2.14 bits per heavy atom. The van der Waals surface area contributed by atoms with E-state index in [4.69, 9.17) is 4.84 Å². The van der Waals surface area contributed by atoms with E-state index in [1.807, 2.05) is 87.4 Å². The van der Waals surface area contributed by atoms with Crippen LogP contribution in [0.3, 0.4) is 0 Å². The second kappa shape index (κ2) is 6.95. The maximum Gasteiger partial charge on any atom is 0.262 e. The Morgan fingerprint density at radius 2 is 1.57 bits per heavy atom. The molecular formula is C22H25N3O3. The quantitative estimate of drug-likeness (QED) is 0.765. The normalized spacial score (nSPS) is 24.2. The zero-order valence-corrected chi connectivity index (χ0v) is 16.6. The van der Waals surface area contributed by atoms with E-state index < -0.39 is 12.0 Å². The summed E-state index contributed by atoms with van der Waals surface area (Å²) in [5.74, 6) is -0.969. The van der Waals surface area contributed by atoms with Gasteiger partial charge in [-0.25, -0.2) is 5.06 Å². The third-order valence-electron chi connectivity index (χ3n) is 5.43. The van der Waals surface area contributed by atoms with Crippen LogP contribution in [0.1, 0.15) is 25.5 Å². The highest BCUT2D eigenvalue weighted by Gasteiger charge is 2.60. The fraction of sp³-hybridized carbons (Fsp3) is 0.364. The molecule has 2 aliphatic heterocycles. The third-order valence-corrected chi connectivity index (χ3v) is 5.43. The molecule has 3 atom stereocenters. The highest BCUT2D eigenvalue weighted by molar-refractivity contribution is 6.08. The molecule has 4 rings (SSSR count). The van der Waals surface area contributed by atoms with E-state index in [1.54, 1.807) is 5.06 Å². The highest BCUT2D eigenvalue weighted by atomic mass is 16.7. The second-order valence-corrected chi connectivity index (χ2v) is 7.78. The van der Waals surface area contributed by atoms with Gasteiger partial charge in [0.05, 0.1) is 11.7 Å². The van der Waals surface area contributed by atoms with Crippen LogP contribution >= 0.6 is 0 Å². The van der Waals surface area contributed by atoms with Gasteiger partial charge in [-0.3, -0.25) is 19.3 Å². The molecule has 2 aromatic rings. The van der Waals surface area contributed by atoms with Crippen molar-refractivity contribution in [2.45, 2.75) is 32.0 Å². The van der Waals surface area contributed by atoms with Crippen molar-refractivity contribution in [3.05, 3.63) is 60.2 Å². The number of hydrogen-bond acceptors (Lipinski definition) is 5. The van der Waals surface area contributed by atoms with E-state index in [2.05, 4.69) is 0 Å². The number of amides is 2. The number of fused-ring (bicyclic) bond motifs is 1. The molecule has 3 unspecified atom stereocenters. The van der Waals surface area contributed by atoms with E-state index in [-0.39, 0.29) is 23.9 Å². The van der Waals surface area contributed by atoms with Gasteiger partial charge >= 0.3 is 0 Å². The highest BCUT2D eigenvalue weighted by Crippen LogP contribution is 2.47. The topological polar surface area (TPSA) is 53.1 Å². The van der Waals surface area contributed by atoms with Gasteiger partial charge in [0.2, 0.25) is 5.91 Å². The first-order valence-corrected chi connectivity index (χ1v) is 9.55. The van der Waals surface area contributed by atoms with Gasteiger partial charge in [0.15, 0.2) is 6.10 Å². The molecule has 146 valence electrons. The van der Waals surface area contributed by atoms with Crippen molar-refractivity contribution in [1.82, 2.24) is 4.90 Å². The number of carbonyl (C=O) groups excluding carboxylic acids is 2. The van der Waals surface area contributed by atoms with Crippen molar-refractivity contribution in [3.63, 3.8) is 0 Å². The van der Waals surface area contributed by atoms with Crippen LogP contribution in [-0.4, -0.2) is 43.0 Å². The summed E-state index contributed by atoms with van der Waals surface area (Å²) in [6, 6.07) is 17.1. The van der Waals surface area contributed by atoms with E-state index in [0.29, 0.717) is 0 Å². The smallest absolute Gasteiger partial charge is 0.262 e. The fourth-order valence-electron chi connectivity index (χ4n) is 4.05. The predicted octanol–water partition coefficient (Wildman–Crippen LogP) is 3.01. The molecule has 0 radical (unpaired) electrons. The van der Waals surface area contributed by atoms with Gasteiger partial charge in [0, 0.05) is 25.8 Å². The zero-order chi connectivity index (χ0) is 20.0. The van der Waals surface area contributed by atoms with E-state index in [0.717, 1.165) is 16.9 Å². The Morgan fingerprint density at radius 1 is 0.929 bits per heavy atom. The lowest BCUT2D eigenvalue weighted by Gasteiger charge is -2.30. The van der Waals surface area contributed by atoms with Crippen molar-refractivity contribution in [2.24, 2.45) is 5.92 Å². The number of rotatable bonds is 4. The second-order valence-electron chi connectivity index (χ2n) is 7.78. The fourth-order valence-corrected chi connectivity index (χ4v) is 4.05. The molecule has 2 aliphatic rings. The van der Waals surface area contributed by atoms with Crippen molar-refractivity contribution < 1.29 is 14.4 Å². The summed E-state index contributed by atoms with van der Waals surface area (Å²) in [6.45, 7) is 3.71. The van der Waals surface area contributed by atoms with Crippen LogP contribution < -0.4 is 9.96 Å². The van der Waals surface area contributed by atoms with Crippen LogP contribution in [0, 0.1) is 5.92 Å². The maximum absolute atomic E-state index is 13.2. The van der Waals surface area contributed by atoms with Gasteiger partial charge < -0.3 is 4.90 Å². The van der Waals surface area contributed by atoms with Gasteiger partial charge in [-0.1, -0.05) is 30.3 Å². The van der Waals surface area contributed by atoms with Gasteiger partial charge in [0.25, 0.3) is 5.91 Å². The summed E-state index contributed by atoms with van der Waals surface area (Å²) in [4.78, 5) is 35.5. The Labute approximate surface area is 165 Å². The number of para-hydroxylation sites is 1. The molecule has 2 amide bonds. The van der Waals surface area contributed by atoms with Crippen LogP contribution in [0.25, 0.3) is 0 Å². The summed E-state index contributed by atoms with van der Waals surface area (Å²) >= 11 is 0. The average Bonchev–Trinajstić information content (AvgIpc) is 3.19. The number of carbonyl (C=O) groups is 2. The lowest BCUT2D eigenvalue weighted by atomic mass is 9.90. The first-order valence-electron chi connectivity index (χ1n) is 9.55. The minimum Gasteiger partial charge on any atom is -0.378 e. The average molecular weight is 379 g/mol. The minimum atomic E-state index is -0.784. The molecule has 6 heteroatoms. The van der Waals surface area contributed by atoms with Gasteiger partial charge in [-0.15, -0.1) is 0 Å². The van der Waals surface area contributed by atoms with Crippen LogP contribution in [0.4, 0.5) is 11.4 Å². The first kappa shape index (κ1) is 18.5. The largest absolute Gasteiger partial charge is 0.378 e. The van der Waals surface area contributed by atoms with Gasteiger partial charge in [0.1, 0.15) is 5.92 Å². The molecule has 2 saturated heterocycles. The zero-order valence-electron chi connectivity index (χ0n) is 16.6. The van der Waals surface area contributed by atoms with E-state index in [1.165, 1.54) is 4.90 Å². The summed E-state index contributed by atoms with van der Waals surface area (Å²) in [7, 11) is 3.97. The maximum atomic E-state index is 13.2. The molecule has 0 aromatic heterocycles. The number of hydrogen-bond donors (Lipinski definition) is 0. The number of benzene rings is 2. The molecule has 6 nitrogen and oxygen atoms in total. The molecule has 0 bridgehead atoms. The lowest BCUT2D eigenvalue weighted by Crippen LogP contribution is -2.41. The minimum absolute atomic E-state index is 0.162. The standard InChI is InChI=1S/C22H25N3O3/c1-14(2)24-21(26)18-19(15-10-12-16(13-11-15)23(3)4)25(28-20(18)22(24)27)17-8-6-5-7-9-17/h5-14,18-20H,1-4H3. The van der Waals surface area contributed by atoms with Crippen molar-refractivity contribution in [3.8, 4) is 0 Å². The molecule has 28 heavy (non-hydrogen) atoms. The van der Waals surface area contributed by atoms with Gasteiger partial charge in [-0.2, -0.15) is 0 Å². The third kappa shape index (κ3) is 2.85. The molecular weight excluding hydrogens is 354 g/mol.